The van der Waals surface area contributed by atoms with Gasteiger partial charge in [0.05, 0.1) is 11.3 Å². The molecule has 0 saturated carbocycles. The first-order valence-corrected chi connectivity index (χ1v) is 7.22. The summed E-state index contributed by atoms with van der Waals surface area (Å²) in [6.07, 6.45) is -0.356. The van der Waals surface area contributed by atoms with Crippen LogP contribution in [0, 0.1) is 18.3 Å². The van der Waals surface area contributed by atoms with Gasteiger partial charge in [0, 0.05) is 10.7 Å². The van der Waals surface area contributed by atoms with Gasteiger partial charge in [-0.1, -0.05) is 29.8 Å². The molecule has 2 aromatic rings. The summed E-state index contributed by atoms with van der Waals surface area (Å²) in [5.74, 6) is -0.958. The summed E-state index contributed by atoms with van der Waals surface area (Å²) in [7, 11) is 0. The molecule has 0 saturated heterocycles. The van der Waals surface area contributed by atoms with Gasteiger partial charge in [0.2, 0.25) is 11.8 Å². The molecule has 2 N–H and O–H groups in total. The fraction of sp³-hybridized carbons (Fsp3) is 0.118. The molecule has 0 unspecified atom stereocenters. The van der Waals surface area contributed by atoms with Crippen molar-refractivity contribution in [3.8, 4) is 6.07 Å². The average molecular weight is 328 g/mol. The van der Waals surface area contributed by atoms with E-state index in [0.29, 0.717) is 22.0 Å². The number of anilines is 2. The average Bonchev–Trinajstić information content (AvgIpc) is 2.51. The number of amides is 2. The molecule has 0 bridgehead atoms. The lowest BCUT2D eigenvalue weighted by molar-refractivity contribution is -0.123. The fourth-order valence-electron chi connectivity index (χ4n) is 1.91. The second-order valence-corrected chi connectivity index (χ2v) is 5.30. The lowest BCUT2D eigenvalue weighted by atomic mass is 10.2. The number of nitriles is 1. The van der Waals surface area contributed by atoms with Gasteiger partial charge >= 0.3 is 0 Å². The summed E-state index contributed by atoms with van der Waals surface area (Å²) in [5, 5.41) is 14.7. The van der Waals surface area contributed by atoms with Crippen molar-refractivity contribution in [1.29, 1.82) is 5.26 Å². The summed E-state index contributed by atoms with van der Waals surface area (Å²) in [6.45, 7) is 1.86. The summed E-state index contributed by atoms with van der Waals surface area (Å²) < 4.78 is 0. The fourth-order valence-corrected chi connectivity index (χ4v) is 2.09. The topological polar surface area (TPSA) is 82.0 Å². The van der Waals surface area contributed by atoms with Gasteiger partial charge in [-0.15, -0.1) is 0 Å². The first kappa shape index (κ1) is 16.5. The third kappa shape index (κ3) is 4.56. The van der Waals surface area contributed by atoms with E-state index in [1.807, 2.05) is 13.0 Å². The number of nitrogens with one attached hydrogen (secondary N) is 2. The van der Waals surface area contributed by atoms with Gasteiger partial charge in [0.1, 0.15) is 12.5 Å². The third-order valence-electron chi connectivity index (χ3n) is 3.10. The van der Waals surface area contributed by atoms with Crippen LogP contribution in [0.1, 0.15) is 17.5 Å². The van der Waals surface area contributed by atoms with Gasteiger partial charge < -0.3 is 10.6 Å². The van der Waals surface area contributed by atoms with E-state index in [1.165, 1.54) is 0 Å². The molecule has 0 spiro atoms. The highest BCUT2D eigenvalue weighted by molar-refractivity contribution is 6.31. The van der Waals surface area contributed by atoms with Crippen molar-refractivity contribution in [2.24, 2.45) is 0 Å². The van der Waals surface area contributed by atoms with Gasteiger partial charge in [-0.25, -0.2) is 0 Å². The molecule has 23 heavy (non-hydrogen) atoms. The highest BCUT2D eigenvalue weighted by Crippen LogP contribution is 2.20. The standard InChI is InChI=1S/C17H14ClN3O2/c1-11-6-7-13(8-14(11)18)20-16(22)9-17(23)21-15-5-3-2-4-12(15)10-19/h2-8H,9H2,1H3,(H,20,22)(H,21,23). The SMILES string of the molecule is Cc1ccc(NC(=O)CC(=O)Nc2ccccc2C#N)cc1Cl. The molecule has 0 aromatic heterocycles. The molecule has 5 nitrogen and oxygen atoms in total. The molecule has 0 fully saturated rings. The van der Waals surface area contributed by atoms with E-state index in [0.717, 1.165) is 5.56 Å². The Bertz CT molecular complexity index is 797. The zero-order chi connectivity index (χ0) is 16.8. The molecule has 0 heterocycles. The van der Waals surface area contributed by atoms with Crippen LogP contribution in [-0.4, -0.2) is 11.8 Å². The van der Waals surface area contributed by atoms with Crippen LogP contribution in [0.5, 0.6) is 0 Å². The summed E-state index contributed by atoms with van der Waals surface area (Å²) >= 11 is 5.98. The van der Waals surface area contributed by atoms with Crippen molar-refractivity contribution < 1.29 is 9.59 Å². The number of para-hydroxylation sites is 1. The van der Waals surface area contributed by atoms with E-state index in [-0.39, 0.29) is 6.42 Å². The maximum atomic E-state index is 11.9. The molecule has 0 aliphatic heterocycles. The molecule has 2 rings (SSSR count). The van der Waals surface area contributed by atoms with Gasteiger partial charge in [-0.05, 0) is 36.8 Å². The third-order valence-corrected chi connectivity index (χ3v) is 3.51. The number of carbonyl (C=O) groups is 2. The van der Waals surface area contributed by atoms with Gasteiger partial charge in [-0.2, -0.15) is 5.26 Å². The van der Waals surface area contributed by atoms with Crippen molar-refractivity contribution in [3.63, 3.8) is 0 Å². The number of hydrogen-bond donors (Lipinski definition) is 2. The molecular formula is C17H14ClN3O2. The zero-order valence-corrected chi connectivity index (χ0v) is 13.1. The van der Waals surface area contributed by atoms with Crippen molar-refractivity contribution >= 4 is 34.8 Å². The maximum Gasteiger partial charge on any atom is 0.233 e. The Morgan fingerprint density at radius 1 is 1.13 bits per heavy atom. The van der Waals surface area contributed by atoms with Crippen molar-refractivity contribution in [3.05, 3.63) is 58.6 Å². The van der Waals surface area contributed by atoms with Crippen LogP contribution >= 0.6 is 11.6 Å². The molecule has 0 atom stereocenters. The number of halogens is 1. The smallest absolute Gasteiger partial charge is 0.233 e. The Hall–Kier alpha value is -2.84. The lowest BCUT2D eigenvalue weighted by Crippen LogP contribution is -2.21. The highest BCUT2D eigenvalue weighted by atomic mass is 35.5. The van der Waals surface area contributed by atoms with Crippen LogP contribution in [0.15, 0.2) is 42.5 Å². The first-order chi connectivity index (χ1) is 11.0. The number of rotatable bonds is 4. The number of carbonyl (C=O) groups excluding carboxylic acids is 2. The molecule has 0 aliphatic carbocycles. The quantitative estimate of drug-likeness (QED) is 0.843. The predicted molar refractivity (Wildman–Crippen MR) is 89.2 cm³/mol. The number of benzene rings is 2. The van der Waals surface area contributed by atoms with E-state index in [1.54, 1.807) is 42.5 Å². The minimum Gasteiger partial charge on any atom is -0.326 e. The van der Waals surface area contributed by atoms with Crippen LogP contribution in [0.25, 0.3) is 0 Å². The molecule has 0 radical (unpaired) electrons. The predicted octanol–water partition coefficient (Wildman–Crippen LogP) is 3.49. The summed E-state index contributed by atoms with van der Waals surface area (Å²) in [6, 6.07) is 13.7. The van der Waals surface area contributed by atoms with Crippen molar-refractivity contribution in [2.75, 3.05) is 10.6 Å². The van der Waals surface area contributed by atoms with Gasteiger partial charge in [-0.3, -0.25) is 9.59 Å². The highest BCUT2D eigenvalue weighted by Gasteiger charge is 2.12. The molecule has 2 aromatic carbocycles. The van der Waals surface area contributed by atoms with Crippen molar-refractivity contribution in [1.82, 2.24) is 0 Å². The number of nitrogens with zero attached hydrogens (tertiary/aromatic N) is 1. The maximum absolute atomic E-state index is 11.9. The second-order valence-electron chi connectivity index (χ2n) is 4.89. The number of aryl methyl sites for hydroxylation is 1. The van der Waals surface area contributed by atoms with Crippen LogP contribution in [0.3, 0.4) is 0 Å². The molecular weight excluding hydrogens is 314 g/mol. The van der Waals surface area contributed by atoms with Crippen LogP contribution in [0.2, 0.25) is 5.02 Å². The zero-order valence-electron chi connectivity index (χ0n) is 12.4. The van der Waals surface area contributed by atoms with Gasteiger partial charge in [0.25, 0.3) is 0 Å². The van der Waals surface area contributed by atoms with E-state index in [4.69, 9.17) is 16.9 Å². The largest absolute Gasteiger partial charge is 0.326 e. The second kappa shape index (κ2) is 7.43. The summed E-state index contributed by atoms with van der Waals surface area (Å²) in [5.41, 5.74) is 2.14. The monoisotopic (exact) mass is 327 g/mol. The lowest BCUT2D eigenvalue weighted by Gasteiger charge is -2.08. The van der Waals surface area contributed by atoms with Gasteiger partial charge in [0.15, 0.2) is 0 Å². The van der Waals surface area contributed by atoms with E-state index in [2.05, 4.69) is 10.6 Å². The summed E-state index contributed by atoms with van der Waals surface area (Å²) in [4.78, 5) is 23.8. The number of hydrogen-bond acceptors (Lipinski definition) is 3. The van der Waals surface area contributed by atoms with E-state index in [9.17, 15) is 9.59 Å². The first-order valence-electron chi connectivity index (χ1n) is 6.84. The Balaban J connectivity index is 1.96. The van der Waals surface area contributed by atoms with Crippen molar-refractivity contribution in [2.45, 2.75) is 13.3 Å². The normalized spacial score (nSPS) is 9.78. The molecule has 0 aliphatic rings. The van der Waals surface area contributed by atoms with E-state index < -0.39 is 11.8 Å². The Morgan fingerprint density at radius 3 is 2.52 bits per heavy atom. The van der Waals surface area contributed by atoms with Crippen LogP contribution < -0.4 is 10.6 Å². The Labute approximate surface area is 138 Å². The minimum atomic E-state index is -0.497. The molecule has 6 heteroatoms. The Morgan fingerprint density at radius 2 is 1.83 bits per heavy atom. The Kier molecular flexibility index (Phi) is 5.34. The van der Waals surface area contributed by atoms with E-state index >= 15 is 0 Å². The van der Waals surface area contributed by atoms with Crippen LogP contribution in [-0.2, 0) is 9.59 Å². The minimum absolute atomic E-state index is 0.339. The van der Waals surface area contributed by atoms with Crippen LogP contribution in [0.4, 0.5) is 11.4 Å². The molecule has 116 valence electrons. The molecule has 2 amide bonds.